The van der Waals surface area contributed by atoms with Gasteiger partial charge in [0.25, 0.3) is 0 Å². The number of carbonyl (C=O) groups excluding carboxylic acids is 2. The zero-order valence-corrected chi connectivity index (χ0v) is 17.9. The van der Waals surface area contributed by atoms with E-state index in [-0.39, 0.29) is 39.1 Å². The molecule has 1 amide bonds. The molecule has 0 spiro atoms. The normalized spacial score (nSPS) is 10.6. The van der Waals surface area contributed by atoms with Crippen LogP contribution in [0.15, 0.2) is 35.7 Å². The predicted octanol–water partition coefficient (Wildman–Crippen LogP) is 5.12. The minimum absolute atomic E-state index is 0.0393. The van der Waals surface area contributed by atoms with E-state index in [0.29, 0.717) is 16.5 Å². The van der Waals surface area contributed by atoms with E-state index < -0.39 is 5.97 Å². The van der Waals surface area contributed by atoms with Crippen molar-refractivity contribution in [2.75, 3.05) is 10.6 Å². The minimum Gasteiger partial charge on any atom is -0.454 e. The van der Waals surface area contributed by atoms with Crippen LogP contribution in [0.4, 0.5) is 16.5 Å². The zero-order chi connectivity index (χ0) is 21.1. The fourth-order valence-corrected chi connectivity index (χ4v) is 3.80. The average molecular weight is 472 g/mol. The van der Waals surface area contributed by atoms with Gasteiger partial charge < -0.3 is 10.5 Å². The molecule has 0 saturated heterocycles. The molecule has 0 fully saturated rings. The number of aromatic nitrogens is 2. The number of carbonyl (C=O) groups is 2. The summed E-state index contributed by atoms with van der Waals surface area (Å²) in [7, 11) is 0. The van der Waals surface area contributed by atoms with Crippen LogP contribution in [0.5, 0.6) is 0 Å². The van der Waals surface area contributed by atoms with Gasteiger partial charge in [0.15, 0.2) is 16.0 Å². The Morgan fingerprint density at radius 3 is 2.48 bits per heavy atom. The number of anilines is 3. The van der Waals surface area contributed by atoms with Crippen LogP contribution in [0.1, 0.15) is 23.1 Å². The Kier molecular flexibility index (Phi) is 6.59. The van der Waals surface area contributed by atoms with E-state index in [1.165, 1.54) is 23.2 Å². The molecule has 7 nitrogen and oxygen atoms in total. The summed E-state index contributed by atoms with van der Waals surface area (Å²) in [5, 5.41) is 1.79. The molecule has 3 rings (SSSR count). The van der Waals surface area contributed by atoms with Crippen LogP contribution in [0.3, 0.4) is 0 Å². The van der Waals surface area contributed by atoms with Gasteiger partial charge in [-0.2, -0.15) is 0 Å². The molecule has 11 heteroatoms. The number of hydrogen-bond donors (Lipinski definition) is 1. The molecule has 0 aliphatic carbocycles. The van der Waals surface area contributed by atoms with E-state index >= 15 is 0 Å². The number of nitrogens with zero attached hydrogens (tertiary/aromatic N) is 3. The van der Waals surface area contributed by atoms with Crippen molar-refractivity contribution < 1.29 is 14.3 Å². The van der Waals surface area contributed by atoms with E-state index in [2.05, 4.69) is 9.97 Å². The van der Waals surface area contributed by atoms with Crippen molar-refractivity contribution >= 4 is 74.5 Å². The van der Waals surface area contributed by atoms with Crippen LogP contribution in [0.25, 0.3) is 0 Å². The molecule has 0 saturated carbocycles. The zero-order valence-electron chi connectivity index (χ0n) is 14.9. The number of hydrogen-bond acceptors (Lipinski definition) is 7. The van der Waals surface area contributed by atoms with Gasteiger partial charge in [0.05, 0.1) is 22.1 Å². The number of para-hydroxylation sites is 1. The summed E-state index contributed by atoms with van der Waals surface area (Å²) in [5.74, 6) is -1.03. The molecule has 0 radical (unpaired) electrons. The number of ether oxygens (including phenoxy) is 1. The first-order chi connectivity index (χ1) is 13.8. The quantitative estimate of drug-likeness (QED) is 0.409. The van der Waals surface area contributed by atoms with Crippen LogP contribution >= 0.6 is 46.1 Å². The first-order valence-corrected chi connectivity index (χ1v) is 10.1. The molecule has 0 atom stereocenters. The van der Waals surface area contributed by atoms with Crippen molar-refractivity contribution in [3.8, 4) is 0 Å². The largest absolute Gasteiger partial charge is 0.454 e. The number of benzene rings is 1. The molecular weight excluding hydrogens is 459 g/mol. The molecule has 0 aliphatic rings. The van der Waals surface area contributed by atoms with Gasteiger partial charge in [-0.25, -0.2) is 14.8 Å². The SMILES string of the molecule is CC(=O)N(c1ccccc1)c1nc(COC(=O)c2nc(Cl)c(Cl)c(N)c2Cl)cs1. The Hall–Kier alpha value is -2.39. The molecule has 2 aromatic heterocycles. The molecule has 0 aliphatic heterocycles. The second-order valence-corrected chi connectivity index (χ2v) is 7.63. The van der Waals surface area contributed by atoms with E-state index in [1.54, 1.807) is 17.5 Å². The van der Waals surface area contributed by atoms with Crippen LogP contribution in [-0.2, 0) is 16.1 Å². The van der Waals surface area contributed by atoms with E-state index in [9.17, 15) is 9.59 Å². The van der Waals surface area contributed by atoms with Crippen LogP contribution in [0.2, 0.25) is 15.2 Å². The Morgan fingerprint density at radius 1 is 1.14 bits per heavy atom. The van der Waals surface area contributed by atoms with Gasteiger partial charge in [0.2, 0.25) is 5.91 Å². The molecular formula is C18H13Cl3N4O3S. The standard InChI is InChI=1S/C18H13Cl3N4O3S/c1-9(26)25(11-5-3-2-4-6-11)18-23-10(8-29-18)7-28-17(27)15-12(19)14(22)13(20)16(21)24-15/h2-6,8H,7H2,1H3,(H2,22,24). The minimum atomic E-state index is -0.832. The Bertz CT molecular complexity index is 1080. The van der Waals surface area contributed by atoms with Crippen molar-refractivity contribution in [1.29, 1.82) is 0 Å². The van der Waals surface area contributed by atoms with E-state index in [0.717, 1.165) is 0 Å². The lowest BCUT2D eigenvalue weighted by Gasteiger charge is -2.17. The highest BCUT2D eigenvalue weighted by Crippen LogP contribution is 2.35. The number of rotatable bonds is 5. The number of thiazole rings is 1. The van der Waals surface area contributed by atoms with E-state index in [4.69, 9.17) is 45.3 Å². The van der Waals surface area contributed by atoms with Gasteiger partial charge in [-0.05, 0) is 12.1 Å². The number of esters is 1. The third-order valence-corrected chi connectivity index (χ3v) is 5.69. The maximum atomic E-state index is 12.3. The van der Waals surface area contributed by atoms with Gasteiger partial charge in [0, 0.05) is 12.3 Å². The van der Waals surface area contributed by atoms with Crippen molar-refractivity contribution in [3.05, 3.63) is 62.3 Å². The molecule has 0 unspecified atom stereocenters. The van der Waals surface area contributed by atoms with Crippen LogP contribution in [0, 0.1) is 0 Å². The molecule has 2 heterocycles. The fraction of sp³-hybridized carbons (Fsp3) is 0.111. The number of amides is 1. The molecule has 3 aromatic rings. The Labute approximate surface area is 185 Å². The van der Waals surface area contributed by atoms with Gasteiger partial charge in [-0.3, -0.25) is 9.69 Å². The number of halogens is 3. The molecule has 2 N–H and O–H groups in total. The summed E-state index contributed by atoms with van der Waals surface area (Å²) < 4.78 is 5.20. The Morgan fingerprint density at radius 2 is 1.83 bits per heavy atom. The van der Waals surface area contributed by atoms with Crippen molar-refractivity contribution in [1.82, 2.24) is 9.97 Å². The summed E-state index contributed by atoms with van der Waals surface area (Å²) in [4.78, 5) is 34.0. The smallest absolute Gasteiger partial charge is 0.359 e. The number of nitrogen functional groups attached to an aromatic ring is 1. The van der Waals surface area contributed by atoms with Crippen molar-refractivity contribution in [2.24, 2.45) is 0 Å². The second kappa shape index (κ2) is 8.96. The second-order valence-electron chi connectivity index (χ2n) is 5.68. The lowest BCUT2D eigenvalue weighted by molar-refractivity contribution is -0.115. The summed E-state index contributed by atoms with van der Waals surface area (Å²) in [6.45, 7) is 1.28. The summed E-state index contributed by atoms with van der Waals surface area (Å²) in [6.07, 6.45) is 0. The number of nitrogens with two attached hydrogens (primary N) is 1. The first kappa shape index (κ1) is 21.3. The summed E-state index contributed by atoms with van der Waals surface area (Å²) in [5.41, 5.74) is 6.53. The van der Waals surface area contributed by atoms with Crippen molar-refractivity contribution in [3.63, 3.8) is 0 Å². The Balaban J connectivity index is 1.76. The maximum absolute atomic E-state index is 12.3. The molecule has 1 aromatic carbocycles. The third kappa shape index (κ3) is 4.62. The lowest BCUT2D eigenvalue weighted by atomic mass is 10.3. The number of pyridine rings is 1. The van der Waals surface area contributed by atoms with Gasteiger partial charge in [-0.15, -0.1) is 11.3 Å². The van der Waals surface area contributed by atoms with Crippen molar-refractivity contribution in [2.45, 2.75) is 13.5 Å². The van der Waals surface area contributed by atoms with Gasteiger partial charge in [-0.1, -0.05) is 53.0 Å². The summed E-state index contributed by atoms with van der Waals surface area (Å²) in [6, 6.07) is 9.09. The van der Waals surface area contributed by atoms with E-state index in [1.807, 2.05) is 18.2 Å². The average Bonchev–Trinajstić information content (AvgIpc) is 3.16. The molecule has 0 bridgehead atoms. The van der Waals surface area contributed by atoms with Crippen LogP contribution < -0.4 is 10.6 Å². The topological polar surface area (TPSA) is 98.4 Å². The fourth-order valence-electron chi connectivity index (χ4n) is 2.34. The lowest BCUT2D eigenvalue weighted by Crippen LogP contribution is -2.22. The third-order valence-electron chi connectivity index (χ3n) is 3.68. The highest BCUT2D eigenvalue weighted by Gasteiger charge is 2.22. The monoisotopic (exact) mass is 470 g/mol. The van der Waals surface area contributed by atoms with Gasteiger partial charge >= 0.3 is 5.97 Å². The first-order valence-electron chi connectivity index (χ1n) is 8.06. The predicted molar refractivity (Wildman–Crippen MR) is 114 cm³/mol. The van der Waals surface area contributed by atoms with Crippen LogP contribution in [-0.4, -0.2) is 21.8 Å². The highest BCUT2D eigenvalue weighted by molar-refractivity contribution is 7.14. The van der Waals surface area contributed by atoms with Gasteiger partial charge in [0.1, 0.15) is 11.6 Å². The maximum Gasteiger partial charge on any atom is 0.359 e. The summed E-state index contributed by atoms with van der Waals surface area (Å²) >= 11 is 18.9. The highest BCUT2D eigenvalue weighted by atomic mass is 35.5. The molecule has 29 heavy (non-hydrogen) atoms. The molecule has 150 valence electrons.